The van der Waals surface area contributed by atoms with Crippen LogP contribution in [-0.4, -0.2) is 36.9 Å². The Morgan fingerprint density at radius 3 is 2.71 bits per heavy atom. The number of nitrogens with zero attached hydrogens (tertiary/aromatic N) is 1. The molecule has 0 unspecified atom stereocenters. The first-order chi connectivity index (χ1) is 10.1. The fourth-order valence-electron chi connectivity index (χ4n) is 2.41. The maximum absolute atomic E-state index is 12.1. The lowest BCUT2D eigenvalue weighted by Gasteiger charge is -2.30. The Balaban J connectivity index is 1.85. The standard InChI is InChI=1S/C16H22N2O3/c1-12-6-8-18(9-7-12)16(20)11-15(19)17-13-4-3-5-14(10-13)21-2/h3-5,10,12H,6-9,11H2,1-2H3,(H,17,19). The first kappa shape index (κ1) is 15.4. The minimum absolute atomic E-state index is 0.0951. The Labute approximate surface area is 125 Å². The second-order valence-corrected chi connectivity index (χ2v) is 5.52. The SMILES string of the molecule is COc1cccc(NC(=O)CC(=O)N2CCC(C)CC2)c1. The minimum atomic E-state index is -0.285. The molecule has 5 heteroatoms. The van der Waals surface area contributed by atoms with Crippen LogP contribution in [0.2, 0.25) is 0 Å². The van der Waals surface area contributed by atoms with Gasteiger partial charge in [0.15, 0.2) is 0 Å². The number of benzene rings is 1. The van der Waals surface area contributed by atoms with Crippen LogP contribution in [0.3, 0.4) is 0 Å². The number of nitrogens with one attached hydrogen (secondary N) is 1. The van der Waals surface area contributed by atoms with Crippen molar-refractivity contribution in [3.05, 3.63) is 24.3 Å². The van der Waals surface area contributed by atoms with E-state index in [4.69, 9.17) is 4.74 Å². The lowest BCUT2D eigenvalue weighted by molar-refractivity contribution is -0.135. The van der Waals surface area contributed by atoms with Crippen LogP contribution in [0.1, 0.15) is 26.2 Å². The predicted octanol–water partition coefficient (Wildman–Crippen LogP) is 2.28. The van der Waals surface area contributed by atoms with Crippen LogP contribution in [0.25, 0.3) is 0 Å². The highest BCUT2D eigenvalue weighted by Crippen LogP contribution is 2.18. The number of hydrogen-bond acceptors (Lipinski definition) is 3. The molecule has 0 saturated carbocycles. The highest BCUT2D eigenvalue weighted by Gasteiger charge is 2.22. The van der Waals surface area contributed by atoms with Crippen LogP contribution >= 0.6 is 0 Å². The number of rotatable bonds is 4. The van der Waals surface area contributed by atoms with Crippen molar-refractivity contribution < 1.29 is 14.3 Å². The van der Waals surface area contributed by atoms with Gasteiger partial charge in [0, 0.05) is 24.8 Å². The second kappa shape index (κ2) is 7.11. The van der Waals surface area contributed by atoms with Crippen molar-refractivity contribution in [3.63, 3.8) is 0 Å². The number of ether oxygens (including phenoxy) is 1. The molecular formula is C16H22N2O3. The van der Waals surface area contributed by atoms with E-state index in [2.05, 4.69) is 12.2 Å². The number of carbonyl (C=O) groups is 2. The number of hydrogen-bond donors (Lipinski definition) is 1. The summed E-state index contributed by atoms with van der Waals surface area (Å²) in [6.07, 6.45) is 1.93. The third kappa shape index (κ3) is 4.48. The van der Waals surface area contributed by atoms with Crippen molar-refractivity contribution in [1.29, 1.82) is 0 Å². The first-order valence-corrected chi connectivity index (χ1v) is 7.30. The van der Waals surface area contributed by atoms with Gasteiger partial charge < -0.3 is 15.0 Å². The zero-order valence-corrected chi connectivity index (χ0v) is 12.6. The van der Waals surface area contributed by atoms with Crippen molar-refractivity contribution in [1.82, 2.24) is 4.90 Å². The summed E-state index contributed by atoms with van der Waals surface area (Å²) in [5, 5.41) is 2.73. The van der Waals surface area contributed by atoms with E-state index in [0.717, 1.165) is 25.9 Å². The molecule has 0 atom stereocenters. The van der Waals surface area contributed by atoms with Crippen molar-refractivity contribution in [2.45, 2.75) is 26.2 Å². The summed E-state index contributed by atoms with van der Waals surface area (Å²) >= 11 is 0. The number of methoxy groups -OCH3 is 1. The number of amides is 2. The van der Waals surface area contributed by atoms with E-state index in [-0.39, 0.29) is 18.2 Å². The van der Waals surface area contributed by atoms with E-state index in [0.29, 0.717) is 17.4 Å². The van der Waals surface area contributed by atoms with Crippen LogP contribution < -0.4 is 10.1 Å². The maximum atomic E-state index is 12.1. The third-order valence-corrected chi connectivity index (χ3v) is 3.80. The topological polar surface area (TPSA) is 58.6 Å². The van der Waals surface area contributed by atoms with Gasteiger partial charge in [-0.15, -0.1) is 0 Å². The van der Waals surface area contributed by atoms with Gasteiger partial charge in [-0.05, 0) is 30.9 Å². The summed E-state index contributed by atoms with van der Waals surface area (Å²) in [6.45, 7) is 3.70. The zero-order valence-electron chi connectivity index (χ0n) is 12.6. The smallest absolute Gasteiger partial charge is 0.233 e. The van der Waals surface area contributed by atoms with E-state index >= 15 is 0 Å². The van der Waals surface area contributed by atoms with Crippen LogP contribution in [0.15, 0.2) is 24.3 Å². The molecule has 114 valence electrons. The molecule has 0 spiro atoms. The average molecular weight is 290 g/mol. The van der Waals surface area contributed by atoms with E-state index < -0.39 is 0 Å². The summed E-state index contributed by atoms with van der Waals surface area (Å²) in [5.41, 5.74) is 0.638. The molecule has 21 heavy (non-hydrogen) atoms. The van der Waals surface area contributed by atoms with Crippen molar-refractivity contribution in [2.75, 3.05) is 25.5 Å². The predicted molar refractivity (Wildman–Crippen MR) is 81.2 cm³/mol. The Kier molecular flexibility index (Phi) is 5.20. The van der Waals surface area contributed by atoms with Crippen molar-refractivity contribution >= 4 is 17.5 Å². The molecule has 0 aliphatic carbocycles. The van der Waals surface area contributed by atoms with Gasteiger partial charge in [0.2, 0.25) is 11.8 Å². The van der Waals surface area contributed by atoms with Crippen LogP contribution in [0, 0.1) is 5.92 Å². The van der Waals surface area contributed by atoms with Crippen molar-refractivity contribution in [3.8, 4) is 5.75 Å². The maximum Gasteiger partial charge on any atom is 0.233 e. The van der Waals surface area contributed by atoms with Gasteiger partial charge in [-0.1, -0.05) is 13.0 Å². The second-order valence-electron chi connectivity index (χ2n) is 5.52. The fraction of sp³-hybridized carbons (Fsp3) is 0.500. The summed E-state index contributed by atoms with van der Waals surface area (Å²) in [4.78, 5) is 25.8. The highest BCUT2D eigenvalue weighted by molar-refractivity contribution is 6.03. The molecule has 2 rings (SSSR count). The van der Waals surface area contributed by atoms with Crippen LogP contribution in [-0.2, 0) is 9.59 Å². The molecule has 1 heterocycles. The minimum Gasteiger partial charge on any atom is -0.497 e. The normalized spacial score (nSPS) is 15.6. The largest absolute Gasteiger partial charge is 0.497 e. The van der Waals surface area contributed by atoms with Gasteiger partial charge in [0.05, 0.1) is 7.11 Å². The average Bonchev–Trinajstić information content (AvgIpc) is 2.47. The van der Waals surface area contributed by atoms with E-state index in [1.807, 2.05) is 0 Å². The molecular weight excluding hydrogens is 268 g/mol. The van der Waals surface area contributed by atoms with Gasteiger partial charge in [0.1, 0.15) is 12.2 Å². The van der Waals surface area contributed by atoms with Gasteiger partial charge in [-0.3, -0.25) is 9.59 Å². The fourth-order valence-corrected chi connectivity index (χ4v) is 2.41. The van der Waals surface area contributed by atoms with Gasteiger partial charge in [0.25, 0.3) is 0 Å². The number of anilines is 1. The summed E-state index contributed by atoms with van der Waals surface area (Å²) in [6, 6.07) is 7.09. The molecule has 1 aromatic carbocycles. The summed E-state index contributed by atoms with van der Waals surface area (Å²) in [5.74, 6) is 0.956. The van der Waals surface area contributed by atoms with E-state index in [1.165, 1.54) is 0 Å². The molecule has 1 N–H and O–H groups in total. The van der Waals surface area contributed by atoms with E-state index in [1.54, 1.807) is 36.3 Å². The molecule has 1 aromatic rings. The lowest BCUT2D eigenvalue weighted by atomic mass is 9.99. The molecule has 0 aromatic heterocycles. The number of piperidine rings is 1. The molecule has 5 nitrogen and oxygen atoms in total. The molecule has 0 bridgehead atoms. The Hall–Kier alpha value is -2.04. The quantitative estimate of drug-likeness (QED) is 0.866. The van der Waals surface area contributed by atoms with Crippen LogP contribution in [0.4, 0.5) is 5.69 Å². The monoisotopic (exact) mass is 290 g/mol. The molecule has 1 fully saturated rings. The van der Waals surface area contributed by atoms with Crippen LogP contribution in [0.5, 0.6) is 5.75 Å². The van der Waals surface area contributed by atoms with Crippen molar-refractivity contribution in [2.24, 2.45) is 5.92 Å². The molecule has 1 aliphatic heterocycles. The van der Waals surface area contributed by atoms with E-state index in [9.17, 15) is 9.59 Å². The molecule has 1 aliphatic rings. The number of carbonyl (C=O) groups excluding carboxylic acids is 2. The molecule has 2 amide bonds. The van der Waals surface area contributed by atoms with Gasteiger partial charge in [-0.25, -0.2) is 0 Å². The van der Waals surface area contributed by atoms with Gasteiger partial charge in [-0.2, -0.15) is 0 Å². The first-order valence-electron chi connectivity index (χ1n) is 7.30. The number of likely N-dealkylation sites (tertiary alicyclic amines) is 1. The lowest BCUT2D eigenvalue weighted by Crippen LogP contribution is -2.39. The Morgan fingerprint density at radius 2 is 2.05 bits per heavy atom. The third-order valence-electron chi connectivity index (χ3n) is 3.80. The van der Waals surface area contributed by atoms with Gasteiger partial charge >= 0.3 is 0 Å². The summed E-state index contributed by atoms with van der Waals surface area (Å²) < 4.78 is 5.10. The highest BCUT2D eigenvalue weighted by atomic mass is 16.5. The summed E-state index contributed by atoms with van der Waals surface area (Å²) in [7, 11) is 1.57. The molecule has 0 radical (unpaired) electrons. The molecule has 1 saturated heterocycles. The Morgan fingerprint density at radius 1 is 1.33 bits per heavy atom. The Bertz CT molecular complexity index is 508. The zero-order chi connectivity index (χ0) is 15.2.